The van der Waals surface area contributed by atoms with Gasteiger partial charge in [-0.1, -0.05) is 6.07 Å². The molecule has 3 heterocycles. The molecule has 1 aromatic rings. The number of hydrogen-bond acceptors (Lipinski definition) is 5. The van der Waals surface area contributed by atoms with E-state index in [9.17, 15) is 0 Å². The summed E-state index contributed by atoms with van der Waals surface area (Å²) in [6.07, 6.45) is 1.26. The maximum Gasteiger partial charge on any atom is 0.0594 e. The third kappa shape index (κ3) is 3.35. The molecule has 0 bridgehead atoms. The van der Waals surface area contributed by atoms with Crippen molar-refractivity contribution in [1.29, 1.82) is 0 Å². The first-order chi connectivity index (χ1) is 9.85. The lowest BCUT2D eigenvalue weighted by Gasteiger charge is -2.32. The molecule has 2 fully saturated rings. The molecule has 0 aromatic carbocycles. The normalized spacial score (nSPS) is 25.1. The first-order valence-corrected chi connectivity index (χ1v) is 7.54. The number of ether oxygens (including phenoxy) is 1. The van der Waals surface area contributed by atoms with Crippen LogP contribution in [0.15, 0.2) is 18.2 Å². The van der Waals surface area contributed by atoms with Gasteiger partial charge in [-0.2, -0.15) is 0 Å². The van der Waals surface area contributed by atoms with Gasteiger partial charge in [-0.3, -0.25) is 14.8 Å². The fourth-order valence-electron chi connectivity index (χ4n) is 3.16. The second kappa shape index (κ2) is 6.63. The van der Waals surface area contributed by atoms with Crippen molar-refractivity contribution in [3.63, 3.8) is 0 Å². The Morgan fingerprint density at radius 3 is 2.80 bits per heavy atom. The minimum atomic E-state index is 0.518. The minimum Gasteiger partial charge on any atom is -0.379 e. The van der Waals surface area contributed by atoms with Crippen LogP contribution < -0.4 is 5.73 Å². The van der Waals surface area contributed by atoms with Crippen LogP contribution in [0, 0.1) is 0 Å². The minimum absolute atomic E-state index is 0.518. The smallest absolute Gasteiger partial charge is 0.0594 e. The molecular weight excluding hydrogens is 252 g/mol. The van der Waals surface area contributed by atoms with E-state index in [-0.39, 0.29) is 0 Å². The zero-order valence-corrected chi connectivity index (χ0v) is 12.0. The Morgan fingerprint density at radius 2 is 2.00 bits per heavy atom. The molecule has 0 amide bonds. The van der Waals surface area contributed by atoms with E-state index in [0.717, 1.165) is 57.3 Å². The van der Waals surface area contributed by atoms with Gasteiger partial charge in [0.15, 0.2) is 0 Å². The lowest BCUT2D eigenvalue weighted by Crippen LogP contribution is -2.44. The van der Waals surface area contributed by atoms with E-state index in [1.807, 2.05) is 6.07 Å². The van der Waals surface area contributed by atoms with Crippen molar-refractivity contribution < 1.29 is 4.74 Å². The summed E-state index contributed by atoms with van der Waals surface area (Å²) in [6, 6.07) is 6.84. The SMILES string of the molecule is NCc1cccc(CN2CCC(N3CCOCC3)C2)n1. The molecule has 20 heavy (non-hydrogen) atoms. The third-order valence-corrected chi connectivity index (χ3v) is 4.27. The summed E-state index contributed by atoms with van der Waals surface area (Å²) in [4.78, 5) is 9.67. The van der Waals surface area contributed by atoms with Crippen LogP contribution >= 0.6 is 0 Å². The largest absolute Gasteiger partial charge is 0.379 e. The van der Waals surface area contributed by atoms with Crippen molar-refractivity contribution in [2.24, 2.45) is 5.73 Å². The highest BCUT2D eigenvalue weighted by atomic mass is 16.5. The Labute approximate surface area is 120 Å². The van der Waals surface area contributed by atoms with E-state index in [2.05, 4.69) is 26.9 Å². The molecule has 0 spiro atoms. The van der Waals surface area contributed by atoms with Crippen molar-refractivity contribution in [1.82, 2.24) is 14.8 Å². The quantitative estimate of drug-likeness (QED) is 0.865. The fraction of sp³-hybridized carbons (Fsp3) is 0.667. The maximum absolute atomic E-state index is 5.65. The molecule has 3 rings (SSSR count). The number of morpholine rings is 1. The molecule has 110 valence electrons. The first-order valence-electron chi connectivity index (χ1n) is 7.54. The highest BCUT2D eigenvalue weighted by Gasteiger charge is 2.28. The van der Waals surface area contributed by atoms with Crippen LogP contribution in [-0.2, 0) is 17.8 Å². The second-order valence-electron chi connectivity index (χ2n) is 5.65. The number of hydrogen-bond donors (Lipinski definition) is 1. The van der Waals surface area contributed by atoms with E-state index in [1.54, 1.807) is 0 Å². The summed E-state index contributed by atoms with van der Waals surface area (Å²) in [6.45, 7) is 7.70. The van der Waals surface area contributed by atoms with Crippen molar-refractivity contribution >= 4 is 0 Å². The zero-order valence-electron chi connectivity index (χ0n) is 12.0. The first kappa shape index (κ1) is 13.9. The highest BCUT2D eigenvalue weighted by Crippen LogP contribution is 2.18. The van der Waals surface area contributed by atoms with Gasteiger partial charge in [0.2, 0.25) is 0 Å². The van der Waals surface area contributed by atoms with Crippen LogP contribution in [0.1, 0.15) is 17.8 Å². The molecule has 0 radical (unpaired) electrons. The Balaban J connectivity index is 1.54. The van der Waals surface area contributed by atoms with Gasteiger partial charge in [0, 0.05) is 45.3 Å². The van der Waals surface area contributed by atoms with Gasteiger partial charge in [0.05, 0.1) is 24.6 Å². The van der Waals surface area contributed by atoms with Crippen LogP contribution in [0.2, 0.25) is 0 Å². The molecule has 2 aliphatic rings. The van der Waals surface area contributed by atoms with E-state index < -0.39 is 0 Å². The molecule has 2 saturated heterocycles. The van der Waals surface area contributed by atoms with Crippen molar-refractivity contribution in [2.75, 3.05) is 39.4 Å². The summed E-state index contributed by atoms with van der Waals surface area (Å²) < 4.78 is 5.43. The van der Waals surface area contributed by atoms with Gasteiger partial charge < -0.3 is 10.5 Å². The molecule has 1 atom stereocenters. The summed E-state index contributed by atoms with van der Waals surface area (Å²) in [5, 5.41) is 0. The molecule has 2 N–H and O–H groups in total. The summed E-state index contributed by atoms with van der Waals surface area (Å²) in [7, 11) is 0. The van der Waals surface area contributed by atoms with E-state index >= 15 is 0 Å². The van der Waals surface area contributed by atoms with Crippen LogP contribution in [0.5, 0.6) is 0 Å². The summed E-state index contributed by atoms with van der Waals surface area (Å²) in [5.74, 6) is 0. The van der Waals surface area contributed by atoms with Gasteiger partial charge >= 0.3 is 0 Å². The van der Waals surface area contributed by atoms with E-state index in [0.29, 0.717) is 12.6 Å². The van der Waals surface area contributed by atoms with Gasteiger partial charge in [0.1, 0.15) is 0 Å². The molecule has 1 unspecified atom stereocenters. The fourth-order valence-corrected chi connectivity index (χ4v) is 3.16. The molecule has 2 aliphatic heterocycles. The lowest BCUT2D eigenvalue weighted by molar-refractivity contribution is 0.0183. The number of pyridine rings is 1. The Bertz CT molecular complexity index is 434. The molecular formula is C15H24N4O. The number of nitrogens with two attached hydrogens (primary N) is 1. The summed E-state index contributed by atoms with van der Waals surface area (Å²) >= 11 is 0. The number of aromatic nitrogens is 1. The van der Waals surface area contributed by atoms with Crippen LogP contribution in [0.25, 0.3) is 0 Å². The highest BCUT2D eigenvalue weighted by molar-refractivity contribution is 5.11. The summed E-state index contributed by atoms with van der Waals surface area (Å²) in [5.41, 5.74) is 7.76. The number of rotatable bonds is 4. The number of likely N-dealkylation sites (tertiary alicyclic amines) is 1. The molecule has 5 nitrogen and oxygen atoms in total. The third-order valence-electron chi connectivity index (χ3n) is 4.27. The Hall–Kier alpha value is -1.01. The Morgan fingerprint density at radius 1 is 1.20 bits per heavy atom. The van der Waals surface area contributed by atoms with Gasteiger partial charge in [0.25, 0.3) is 0 Å². The topological polar surface area (TPSA) is 54.6 Å². The van der Waals surface area contributed by atoms with Crippen molar-refractivity contribution in [3.8, 4) is 0 Å². The van der Waals surface area contributed by atoms with Crippen LogP contribution in [0.4, 0.5) is 0 Å². The zero-order chi connectivity index (χ0) is 13.8. The van der Waals surface area contributed by atoms with Crippen LogP contribution in [0.3, 0.4) is 0 Å². The standard InChI is InChI=1S/C15H24N4O/c16-10-13-2-1-3-14(17-13)11-18-5-4-15(12-18)19-6-8-20-9-7-19/h1-3,15H,4-12,16H2. The maximum atomic E-state index is 5.65. The van der Waals surface area contributed by atoms with Gasteiger partial charge in [-0.05, 0) is 18.6 Å². The van der Waals surface area contributed by atoms with Crippen molar-refractivity contribution in [3.05, 3.63) is 29.6 Å². The molecule has 1 aromatic heterocycles. The number of nitrogens with zero attached hydrogens (tertiary/aromatic N) is 3. The van der Waals surface area contributed by atoms with Crippen molar-refractivity contribution in [2.45, 2.75) is 25.6 Å². The molecule has 0 saturated carbocycles. The Kier molecular flexibility index (Phi) is 4.62. The van der Waals surface area contributed by atoms with E-state index in [1.165, 1.54) is 6.42 Å². The average Bonchev–Trinajstić information content (AvgIpc) is 2.97. The molecule has 5 heteroatoms. The van der Waals surface area contributed by atoms with Gasteiger partial charge in [-0.15, -0.1) is 0 Å². The molecule has 0 aliphatic carbocycles. The monoisotopic (exact) mass is 276 g/mol. The van der Waals surface area contributed by atoms with Crippen LogP contribution in [-0.4, -0.2) is 60.2 Å². The lowest BCUT2D eigenvalue weighted by atomic mass is 10.2. The van der Waals surface area contributed by atoms with Gasteiger partial charge in [-0.25, -0.2) is 0 Å². The second-order valence-corrected chi connectivity index (χ2v) is 5.65. The predicted molar refractivity (Wildman–Crippen MR) is 78.2 cm³/mol. The van der Waals surface area contributed by atoms with E-state index in [4.69, 9.17) is 10.5 Å². The predicted octanol–water partition coefficient (Wildman–Crippen LogP) is 0.447. The average molecular weight is 276 g/mol.